The van der Waals surface area contributed by atoms with E-state index in [4.69, 9.17) is 19.2 Å². The number of sulfonamides is 1. The van der Waals surface area contributed by atoms with E-state index in [0.717, 1.165) is 11.8 Å². The summed E-state index contributed by atoms with van der Waals surface area (Å²) in [5.41, 5.74) is -1.54. The molecule has 0 unspecified atom stereocenters. The number of rotatable bonds is 8. The number of anilines is 1. The SMILES string of the molecule is COc1ccc2c(O[C@@H]3C[C@H]4C(=O)N[C@]5(C(=O)NS(=O)(=O)C6CC6)C[C@H]5/C=C\CC[C@@H](C)C[C@@H](C)[C@H](NC(=O)O)C(=O)N4C3)nc(N3CCOCC3)cc2c1. The molecule has 2 saturated heterocycles. The minimum absolute atomic E-state index is 0.00182. The number of hydrogen-bond acceptors (Lipinski definition) is 11. The first-order valence-corrected chi connectivity index (χ1v) is 20.7. The summed E-state index contributed by atoms with van der Waals surface area (Å²) in [7, 11) is -2.33. The Bertz CT molecular complexity index is 1970. The van der Waals surface area contributed by atoms with Crippen LogP contribution >= 0.6 is 0 Å². The molecule has 298 valence electrons. The van der Waals surface area contributed by atoms with Crippen LogP contribution in [-0.2, 0) is 29.1 Å². The number of fused-ring (bicyclic) bond motifs is 3. The first-order chi connectivity index (χ1) is 26.3. The fourth-order valence-electron chi connectivity index (χ4n) is 8.15. The Morgan fingerprint density at radius 3 is 2.56 bits per heavy atom. The zero-order valence-corrected chi connectivity index (χ0v) is 32.2. The van der Waals surface area contributed by atoms with Crippen molar-refractivity contribution in [3.8, 4) is 11.6 Å². The largest absolute Gasteiger partial charge is 0.497 e. The summed E-state index contributed by atoms with van der Waals surface area (Å²) in [5, 5.41) is 16.0. The van der Waals surface area contributed by atoms with Gasteiger partial charge in [-0.3, -0.25) is 19.1 Å². The Balaban J connectivity index is 1.23. The van der Waals surface area contributed by atoms with E-state index in [0.29, 0.717) is 68.9 Å². The topological polar surface area (TPSA) is 206 Å². The summed E-state index contributed by atoms with van der Waals surface area (Å²) in [6, 6.07) is 5.11. The lowest BCUT2D eigenvalue weighted by molar-refractivity contribution is -0.142. The number of hydrogen-bond donors (Lipinski definition) is 4. The molecule has 17 heteroatoms. The van der Waals surface area contributed by atoms with Gasteiger partial charge in [-0.15, -0.1) is 0 Å². The fourth-order valence-corrected chi connectivity index (χ4v) is 9.51. The highest BCUT2D eigenvalue weighted by Crippen LogP contribution is 2.46. The number of nitrogens with zero attached hydrogens (tertiary/aromatic N) is 3. The summed E-state index contributed by atoms with van der Waals surface area (Å²) in [6.45, 7) is 6.10. The maximum Gasteiger partial charge on any atom is 0.405 e. The Morgan fingerprint density at radius 2 is 1.85 bits per heavy atom. The molecular weight excluding hydrogens is 733 g/mol. The number of ether oxygens (including phenoxy) is 3. The number of aromatic nitrogens is 1. The molecule has 55 heavy (non-hydrogen) atoms. The maximum absolute atomic E-state index is 14.5. The van der Waals surface area contributed by atoms with Gasteiger partial charge >= 0.3 is 6.09 Å². The lowest BCUT2D eigenvalue weighted by atomic mass is 9.88. The number of pyridine rings is 1. The average molecular weight is 783 g/mol. The first kappa shape index (κ1) is 38.6. The summed E-state index contributed by atoms with van der Waals surface area (Å²) < 4.78 is 45.6. The van der Waals surface area contributed by atoms with Crippen molar-refractivity contribution in [1.29, 1.82) is 0 Å². The number of carboxylic acid groups (broad SMARTS) is 1. The van der Waals surface area contributed by atoms with Crippen LogP contribution in [0.15, 0.2) is 36.4 Å². The minimum atomic E-state index is -3.92. The van der Waals surface area contributed by atoms with Crippen molar-refractivity contribution in [3.05, 3.63) is 36.4 Å². The molecule has 4 N–H and O–H groups in total. The third kappa shape index (κ3) is 8.32. The Morgan fingerprint density at radius 1 is 1.09 bits per heavy atom. The van der Waals surface area contributed by atoms with Gasteiger partial charge in [0.25, 0.3) is 5.91 Å². The Labute approximate surface area is 320 Å². The van der Waals surface area contributed by atoms with Crippen LogP contribution in [0.5, 0.6) is 11.6 Å². The van der Waals surface area contributed by atoms with E-state index in [1.165, 1.54) is 4.90 Å². The van der Waals surface area contributed by atoms with E-state index < -0.39 is 74.7 Å². The van der Waals surface area contributed by atoms with E-state index in [-0.39, 0.29) is 31.2 Å². The molecule has 7 atom stereocenters. The fraction of sp³-hybridized carbons (Fsp3) is 0.605. The molecule has 0 spiro atoms. The van der Waals surface area contributed by atoms with Gasteiger partial charge in [-0.1, -0.05) is 26.0 Å². The molecule has 1 aromatic heterocycles. The molecule has 1 aromatic carbocycles. The highest BCUT2D eigenvalue weighted by Gasteiger charge is 2.62. The molecule has 2 aromatic rings. The standard InChI is InChI=1S/C38H50N6O10S/c1-22-6-4-5-7-25-20-38(25,36(47)42-55(50,51)28-9-10-28)41-33(45)30-19-27(21-44(30)35(46)32(23(2)16-22)40-37(48)49)54-34-29-11-8-26(52-3)17-24(29)18-31(39-34)43-12-14-53-15-13-43/h5,7-8,11,17-18,22-23,25,27-28,30,32,40H,4,6,9-10,12-16,19-21H2,1-3H3,(H,41,45)(H,42,47)(H,48,49)/b7-5-/t22-,23-,25-,27-,30+,32+,38-/m1/s1. The van der Waals surface area contributed by atoms with Crippen LogP contribution in [0.4, 0.5) is 10.6 Å². The van der Waals surface area contributed by atoms with Crippen molar-refractivity contribution in [2.45, 2.75) is 87.8 Å². The van der Waals surface area contributed by atoms with Crippen molar-refractivity contribution >= 4 is 50.4 Å². The lowest BCUT2D eigenvalue weighted by Crippen LogP contribution is -2.59. The van der Waals surface area contributed by atoms with Gasteiger partial charge in [-0.2, -0.15) is 4.98 Å². The zero-order chi connectivity index (χ0) is 39.1. The lowest BCUT2D eigenvalue weighted by Gasteiger charge is -2.32. The highest BCUT2D eigenvalue weighted by atomic mass is 32.2. The molecule has 4 amide bonds. The quantitative estimate of drug-likeness (QED) is 0.285. The molecular formula is C38H50N6O10S. The molecule has 5 aliphatic rings. The van der Waals surface area contributed by atoms with Crippen molar-refractivity contribution in [2.75, 3.05) is 44.9 Å². The van der Waals surface area contributed by atoms with Gasteiger partial charge in [-0.05, 0) is 80.0 Å². The molecule has 0 radical (unpaired) electrons. The Kier molecular flexibility index (Phi) is 10.9. The first-order valence-electron chi connectivity index (χ1n) is 19.1. The third-order valence-electron chi connectivity index (χ3n) is 11.5. The minimum Gasteiger partial charge on any atom is -0.497 e. The Hall–Kier alpha value is -4.64. The number of allylic oxidation sites excluding steroid dienone is 1. The van der Waals surface area contributed by atoms with Gasteiger partial charge in [0, 0.05) is 30.8 Å². The predicted octanol–water partition coefficient (Wildman–Crippen LogP) is 2.56. The molecule has 4 heterocycles. The van der Waals surface area contributed by atoms with Crippen LogP contribution in [-0.4, -0.2) is 116 Å². The van der Waals surface area contributed by atoms with Crippen molar-refractivity contribution in [3.63, 3.8) is 0 Å². The van der Waals surface area contributed by atoms with Crippen LogP contribution in [0.2, 0.25) is 0 Å². The van der Waals surface area contributed by atoms with Gasteiger partial charge in [-0.25, -0.2) is 13.2 Å². The number of amides is 4. The smallest absolute Gasteiger partial charge is 0.405 e. The second-order valence-corrected chi connectivity index (χ2v) is 17.6. The number of nitrogens with one attached hydrogen (secondary N) is 3. The van der Waals surface area contributed by atoms with Gasteiger partial charge in [0.2, 0.25) is 27.7 Å². The average Bonchev–Trinajstić information content (AvgIpc) is 4.08. The molecule has 0 bridgehead atoms. The molecule has 4 fully saturated rings. The van der Waals surface area contributed by atoms with E-state index >= 15 is 0 Å². The van der Waals surface area contributed by atoms with Crippen LogP contribution in [0, 0.1) is 17.8 Å². The zero-order valence-electron chi connectivity index (χ0n) is 31.4. The second-order valence-electron chi connectivity index (χ2n) is 15.7. The van der Waals surface area contributed by atoms with Crippen LogP contribution in [0.1, 0.15) is 58.8 Å². The molecule has 2 aliphatic carbocycles. The van der Waals surface area contributed by atoms with E-state index in [2.05, 4.69) is 20.3 Å². The summed E-state index contributed by atoms with van der Waals surface area (Å²) in [5.74, 6) is -1.22. The third-order valence-corrected chi connectivity index (χ3v) is 13.3. The van der Waals surface area contributed by atoms with Crippen LogP contribution in [0.3, 0.4) is 0 Å². The van der Waals surface area contributed by atoms with Gasteiger partial charge in [0.15, 0.2) is 0 Å². The van der Waals surface area contributed by atoms with Crippen molar-refractivity contribution < 1.29 is 46.9 Å². The van der Waals surface area contributed by atoms with E-state index in [1.54, 1.807) is 13.2 Å². The summed E-state index contributed by atoms with van der Waals surface area (Å²) >= 11 is 0. The number of benzene rings is 1. The van der Waals surface area contributed by atoms with Crippen molar-refractivity contribution in [2.24, 2.45) is 17.8 Å². The number of morpholine rings is 1. The predicted molar refractivity (Wildman–Crippen MR) is 201 cm³/mol. The van der Waals surface area contributed by atoms with E-state index in [9.17, 15) is 32.7 Å². The van der Waals surface area contributed by atoms with Crippen LogP contribution in [0.25, 0.3) is 10.8 Å². The number of carbonyl (C=O) groups excluding carboxylic acids is 3. The molecule has 16 nitrogen and oxygen atoms in total. The van der Waals surface area contributed by atoms with Gasteiger partial charge < -0.3 is 39.8 Å². The van der Waals surface area contributed by atoms with E-state index in [1.807, 2.05) is 44.2 Å². The van der Waals surface area contributed by atoms with Gasteiger partial charge in [0.05, 0.1) is 32.1 Å². The number of methoxy groups -OCH3 is 1. The maximum atomic E-state index is 14.5. The molecule has 7 rings (SSSR count). The van der Waals surface area contributed by atoms with Crippen LogP contribution < -0.4 is 29.7 Å². The second kappa shape index (κ2) is 15.5. The van der Waals surface area contributed by atoms with Crippen molar-refractivity contribution in [1.82, 2.24) is 25.2 Å². The van der Waals surface area contributed by atoms with Gasteiger partial charge in [0.1, 0.15) is 35.3 Å². The molecule has 3 aliphatic heterocycles. The molecule has 2 saturated carbocycles. The summed E-state index contributed by atoms with van der Waals surface area (Å²) in [4.78, 5) is 63.1. The monoisotopic (exact) mass is 782 g/mol. The summed E-state index contributed by atoms with van der Waals surface area (Å²) in [6.07, 6.45) is 4.69. The normalized spacial score (nSPS) is 30.9. The highest BCUT2D eigenvalue weighted by molar-refractivity contribution is 7.91. The number of carbonyl (C=O) groups is 4.